The van der Waals surface area contributed by atoms with Crippen LogP contribution >= 0.6 is 0 Å². The Morgan fingerprint density at radius 2 is 1.53 bits per heavy atom. The van der Waals surface area contributed by atoms with Gasteiger partial charge in [0.2, 0.25) is 5.91 Å². The molecule has 7 heteroatoms. The van der Waals surface area contributed by atoms with Crippen molar-refractivity contribution in [1.29, 1.82) is 0 Å². The molecule has 1 aliphatic heterocycles. The molecule has 0 radical (unpaired) electrons. The van der Waals surface area contributed by atoms with Crippen LogP contribution in [-0.2, 0) is 9.53 Å². The largest absolute Gasteiger partial charge is 0.462 e. The molecule has 0 N–H and O–H groups in total. The maximum absolute atomic E-state index is 13.6. The first-order valence-corrected chi connectivity index (χ1v) is 12.1. The fourth-order valence-electron chi connectivity index (χ4n) is 7.09. The van der Waals surface area contributed by atoms with Crippen LogP contribution in [0, 0.1) is 30.1 Å². The first-order valence-electron chi connectivity index (χ1n) is 12.1. The highest BCUT2D eigenvalue weighted by Crippen LogP contribution is 2.60. The van der Waals surface area contributed by atoms with Gasteiger partial charge in [0, 0.05) is 26.2 Å². The minimum Gasteiger partial charge on any atom is -0.462 e. The molecule has 0 aromatic carbocycles. The molecule has 2 heterocycles. The minimum absolute atomic E-state index is 0.122. The van der Waals surface area contributed by atoms with Crippen LogP contribution in [0.15, 0.2) is 12.1 Å². The maximum atomic E-state index is 13.6. The lowest BCUT2D eigenvalue weighted by atomic mass is 9.49. The summed E-state index contributed by atoms with van der Waals surface area (Å²) < 4.78 is 5.04. The molecule has 4 bridgehead atoms. The summed E-state index contributed by atoms with van der Waals surface area (Å²) in [6.45, 7) is 6.00. The zero-order chi connectivity index (χ0) is 22.5. The lowest BCUT2D eigenvalue weighted by molar-refractivity contribution is -0.159. The van der Waals surface area contributed by atoms with Crippen LogP contribution in [0.5, 0.6) is 0 Å². The number of hydrogen-bond donors (Lipinski definition) is 0. The summed E-state index contributed by atoms with van der Waals surface area (Å²) in [7, 11) is 0. The van der Waals surface area contributed by atoms with Gasteiger partial charge in [-0.15, -0.1) is 0 Å². The smallest absolute Gasteiger partial charge is 0.339 e. The highest BCUT2D eigenvalue weighted by molar-refractivity contribution is 5.95. The first kappa shape index (κ1) is 21.4. The topological polar surface area (TPSA) is 79.8 Å². The quantitative estimate of drug-likeness (QED) is 0.674. The van der Waals surface area contributed by atoms with Gasteiger partial charge in [-0.3, -0.25) is 9.59 Å². The number of ether oxygens (including phenoxy) is 1. The molecule has 5 fully saturated rings. The van der Waals surface area contributed by atoms with E-state index in [2.05, 4.69) is 4.98 Å². The number of piperazine rings is 1. The Kier molecular flexibility index (Phi) is 5.46. The summed E-state index contributed by atoms with van der Waals surface area (Å²) >= 11 is 0. The van der Waals surface area contributed by atoms with Gasteiger partial charge in [-0.2, -0.15) is 0 Å². The minimum atomic E-state index is -0.423. The summed E-state index contributed by atoms with van der Waals surface area (Å²) in [5, 5.41) is 0. The van der Waals surface area contributed by atoms with Gasteiger partial charge in [0.25, 0.3) is 5.91 Å². The predicted molar refractivity (Wildman–Crippen MR) is 118 cm³/mol. The van der Waals surface area contributed by atoms with E-state index < -0.39 is 5.97 Å². The lowest BCUT2D eigenvalue weighted by Gasteiger charge is -2.57. The van der Waals surface area contributed by atoms with Crippen molar-refractivity contribution in [3.05, 3.63) is 29.1 Å². The number of hydrogen-bond acceptors (Lipinski definition) is 5. The molecule has 0 atom stereocenters. The summed E-state index contributed by atoms with van der Waals surface area (Å²) in [6.07, 6.45) is 7.22. The summed E-state index contributed by atoms with van der Waals surface area (Å²) in [5.41, 5.74) is 1.08. The van der Waals surface area contributed by atoms with Gasteiger partial charge in [0.05, 0.1) is 23.3 Å². The summed E-state index contributed by atoms with van der Waals surface area (Å²) in [4.78, 5) is 46.7. The average Bonchev–Trinajstić information content (AvgIpc) is 2.77. The number of carbonyl (C=O) groups is 3. The normalized spacial score (nSPS) is 31.0. The van der Waals surface area contributed by atoms with E-state index in [-0.39, 0.29) is 11.3 Å². The van der Waals surface area contributed by atoms with E-state index in [1.165, 1.54) is 19.3 Å². The van der Waals surface area contributed by atoms with Crippen molar-refractivity contribution < 1.29 is 19.1 Å². The third kappa shape index (κ3) is 3.69. The van der Waals surface area contributed by atoms with Crippen molar-refractivity contribution in [1.82, 2.24) is 14.8 Å². The molecule has 5 aliphatic rings. The molecule has 32 heavy (non-hydrogen) atoms. The van der Waals surface area contributed by atoms with Crippen molar-refractivity contribution >= 4 is 17.8 Å². The Balaban J connectivity index is 1.21. The highest BCUT2D eigenvalue weighted by atomic mass is 16.5. The lowest BCUT2D eigenvalue weighted by Crippen LogP contribution is -2.58. The van der Waals surface area contributed by atoms with Crippen molar-refractivity contribution in [3.8, 4) is 0 Å². The van der Waals surface area contributed by atoms with Crippen LogP contribution in [0.4, 0.5) is 0 Å². The average molecular weight is 440 g/mol. The van der Waals surface area contributed by atoms with E-state index in [0.717, 1.165) is 37.0 Å². The van der Waals surface area contributed by atoms with Crippen LogP contribution < -0.4 is 0 Å². The molecule has 1 aromatic rings. The van der Waals surface area contributed by atoms with E-state index in [4.69, 9.17) is 4.74 Å². The number of nitrogens with zero attached hydrogens (tertiary/aromatic N) is 3. The second-order valence-electron chi connectivity index (χ2n) is 10.3. The number of esters is 1. The molecular weight excluding hydrogens is 406 g/mol. The predicted octanol–water partition coefficient (Wildman–Crippen LogP) is 3.07. The third-order valence-corrected chi connectivity index (χ3v) is 8.15. The van der Waals surface area contributed by atoms with Crippen molar-refractivity contribution in [2.45, 2.75) is 52.4 Å². The van der Waals surface area contributed by atoms with E-state index in [0.29, 0.717) is 55.6 Å². The van der Waals surface area contributed by atoms with Crippen LogP contribution in [0.3, 0.4) is 0 Å². The Hall–Kier alpha value is -2.44. The zero-order valence-corrected chi connectivity index (χ0v) is 19.1. The molecule has 4 aliphatic carbocycles. The first-order chi connectivity index (χ1) is 15.4. The SMILES string of the molecule is CCOC(=O)c1ccc(C(=O)N2CCN(C(=O)C34CC5CC(CC(C5)C3)C4)CC2)nc1C. The Bertz CT molecular complexity index is 900. The summed E-state index contributed by atoms with van der Waals surface area (Å²) in [5.74, 6) is 2.02. The maximum Gasteiger partial charge on any atom is 0.339 e. The number of aryl methyl sites for hydroxylation is 1. The van der Waals surface area contributed by atoms with E-state index in [1.807, 2.05) is 4.90 Å². The van der Waals surface area contributed by atoms with Crippen LogP contribution in [-0.4, -0.2) is 65.4 Å². The van der Waals surface area contributed by atoms with Gasteiger partial charge in [-0.25, -0.2) is 9.78 Å². The van der Waals surface area contributed by atoms with Gasteiger partial charge in [0.1, 0.15) is 5.69 Å². The highest BCUT2D eigenvalue weighted by Gasteiger charge is 2.55. The van der Waals surface area contributed by atoms with Crippen molar-refractivity contribution in [2.24, 2.45) is 23.2 Å². The molecule has 0 spiro atoms. The molecule has 0 unspecified atom stereocenters. The molecule has 7 nitrogen and oxygen atoms in total. The molecule has 2 amide bonds. The zero-order valence-electron chi connectivity index (χ0n) is 19.1. The van der Waals surface area contributed by atoms with Gasteiger partial charge < -0.3 is 14.5 Å². The Labute approximate surface area is 189 Å². The van der Waals surface area contributed by atoms with Gasteiger partial charge in [-0.05, 0) is 82.3 Å². The van der Waals surface area contributed by atoms with Gasteiger partial charge in [0.15, 0.2) is 0 Å². The van der Waals surface area contributed by atoms with Gasteiger partial charge in [-0.1, -0.05) is 0 Å². The second-order valence-corrected chi connectivity index (χ2v) is 10.3. The van der Waals surface area contributed by atoms with E-state index in [1.54, 1.807) is 30.9 Å². The molecule has 6 rings (SSSR count). The van der Waals surface area contributed by atoms with Crippen LogP contribution in [0.1, 0.15) is 72.0 Å². The van der Waals surface area contributed by atoms with Crippen molar-refractivity contribution in [2.75, 3.05) is 32.8 Å². The fraction of sp³-hybridized carbons (Fsp3) is 0.680. The number of amides is 2. The number of aromatic nitrogens is 1. The van der Waals surface area contributed by atoms with E-state index in [9.17, 15) is 14.4 Å². The van der Waals surface area contributed by atoms with Crippen molar-refractivity contribution in [3.63, 3.8) is 0 Å². The van der Waals surface area contributed by atoms with E-state index >= 15 is 0 Å². The number of pyridine rings is 1. The summed E-state index contributed by atoms with van der Waals surface area (Å²) in [6, 6.07) is 3.20. The molecule has 1 saturated heterocycles. The Morgan fingerprint density at radius 3 is 2.06 bits per heavy atom. The number of rotatable bonds is 4. The molecular formula is C25H33N3O4. The van der Waals surface area contributed by atoms with Crippen LogP contribution in [0.2, 0.25) is 0 Å². The molecule has 4 saturated carbocycles. The van der Waals surface area contributed by atoms with Crippen LogP contribution in [0.25, 0.3) is 0 Å². The molecule has 1 aromatic heterocycles. The van der Waals surface area contributed by atoms with Gasteiger partial charge >= 0.3 is 5.97 Å². The third-order valence-electron chi connectivity index (χ3n) is 8.15. The number of carbonyl (C=O) groups excluding carboxylic acids is 3. The monoisotopic (exact) mass is 439 g/mol. The standard InChI is InChI=1S/C25H33N3O4/c1-3-32-23(30)20-4-5-21(26-16(20)2)22(29)27-6-8-28(9-7-27)24(31)25-13-17-10-18(14-25)12-19(11-17)15-25/h4-5,17-19H,3,6-15H2,1-2H3. The molecule has 172 valence electrons. The second kappa shape index (κ2) is 8.16. The Morgan fingerprint density at radius 1 is 0.969 bits per heavy atom. The fourth-order valence-corrected chi connectivity index (χ4v) is 7.09.